The fourth-order valence-electron chi connectivity index (χ4n) is 1.48. The molecule has 54 valence electrons. The molecule has 0 fully saturated rings. The van der Waals surface area contributed by atoms with E-state index in [4.69, 9.17) is 4.74 Å². The molecular weight excluding hydrogens is 126 g/mol. The van der Waals surface area contributed by atoms with Crippen LogP contribution in [-0.2, 0) is 4.74 Å². The van der Waals surface area contributed by atoms with Crippen LogP contribution in [0.3, 0.4) is 0 Å². The van der Waals surface area contributed by atoms with Crippen LogP contribution in [0, 0.1) is 5.92 Å². The van der Waals surface area contributed by atoms with Crippen molar-refractivity contribution in [1.82, 2.24) is 0 Å². The summed E-state index contributed by atoms with van der Waals surface area (Å²) < 4.78 is 5.43. The maximum absolute atomic E-state index is 5.43. The molecule has 0 aromatic heterocycles. The quantitative estimate of drug-likeness (QED) is 0.462. The summed E-state index contributed by atoms with van der Waals surface area (Å²) in [5.41, 5.74) is 0. The number of rotatable bonds is 0. The van der Waals surface area contributed by atoms with Crippen LogP contribution in [0.15, 0.2) is 17.1 Å². The molecule has 2 aliphatic rings. The Morgan fingerprint density at radius 3 is 3.10 bits per heavy atom. The van der Waals surface area contributed by atoms with Crippen LogP contribution in [0.4, 0.5) is 0 Å². The Balaban J connectivity index is 2.12. The van der Waals surface area contributed by atoms with Crippen molar-refractivity contribution in [3.8, 4) is 0 Å². The molecule has 0 spiro atoms. The Morgan fingerprint density at radius 1 is 1.30 bits per heavy atom. The van der Waals surface area contributed by atoms with E-state index in [9.17, 15) is 0 Å². The summed E-state index contributed by atoms with van der Waals surface area (Å²) in [6.45, 7) is 0.564. The van der Waals surface area contributed by atoms with Crippen molar-refractivity contribution in [3.63, 3.8) is 0 Å². The minimum absolute atomic E-state index is 0.419. The molecule has 2 heteroatoms. The largest absolute Gasteiger partial charge is 0.355 e. The van der Waals surface area contributed by atoms with Gasteiger partial charge in [-0.2, -0.15) is 0 Å². The van der Waals surface area contributed by atoms with Crippen LogP contribution in [0.1, 0.15) is 12.8 Å². The predicted molar refractivity (Wildman–Crippen MR) is 40.1 cm³/mol. The molecule has 2 atom stereocenters. The van der Waals surface area contributed by atoms with Crippen LogP contribution in [0.2, 0.25) is 0 Å². The Morgan fingerprint density at radius 2 is 2.20 bits per heavy atom. The van der Waals surface area contributed by atoms with E-state index in [0.29, 0.717) is 18.8 Å². The molecule has 0 saturated heterocycles. The molecule has 0 amide bonds. The van der Waals surface area contributed by atoms with Gasteiger partial charge in [0, 0.05) is 12.1 Å². The lowest BCUT2D eigenvalue weighted by atomic mass is 9.92. The molecule has 0 aromatic carbocycles. The average molecular weight is 137 g/mol. The molecule has 1 heterocycles. The second-order valence-corrected chi connectivity index (χ2v) is 2.77. The van der Waals surface area contributed by atoms with E-state index < -0.39 is 0 Å². The fourth-order valence-corrected chi connectivity index (χ4v) is 1.48. The number of fused-ring (bicyclic) bond motifs is 1. The smallest absolute Gasteiger partial charge is 0.137 e. The van der Waals surface area contributed by atoms with E-state index in [0.717, 1.165) is 12.8 Å². The van der Waals surface area contributed by atoms with Gasteiger partial charge in [-0.25, -0.2) is 0 Å². The number of ether oxygens (including phenoxy) is 1. The zero-order valence-corrected chi connectivity index (χ0v) is 5.86. The van der Waals surface area contributed by atoms with Crippen LogP contribution >= 0.6 is 0 Å². The first-order valence-corrected chi connectivity index (χ1v) is 3.73. The summed E-state index contributed by atoms with van der Waals surface area (Å²) in [4.78, 5) is 4.08. The Kier molecular flexibility index (Phi) is 1.55. The molecule has 2 nitrogen and oxygen atoms in total. The van der Waals surface area contributed by atoms with Gasteiger partial charge in [-0.3, -0.25) is 4.99 Å². The summed E-state index contributed by atoms with van der Waals surface area (Å²) in [5.74, 6) is 0.554. The third kappa shape index (κ3) is 0.991. The van der Waals surface area contributed by atoms with E-state index in [2.05, 4.69) is 17.1 Å². The summed E-state index contributed by atoms with van der Waals surface area (Å²) in [7, 11) is 0. The Labute approximate surface area is 60.6 Å². The number of aliphatic imine (C=N–C) groups is 1. The van der Waals surface area contributed by atoms with E-state index in [1.807, 2.05) is 6.21 Å². The SMILES string of the molecule is C1=CCC2OCN=CC2C1. The van der Waals surface area contributed by atoms with Crippen molar-refractivity contribution in [2.24, 2.45) is 10.9 Å². The van der Waals surface area contributed by atoms with Crippen molar-refractivity contribution < 1.29 is 4.74 Å². The van der Waals surface area contributed by atoms with Gasteiger partial charge < -0.3 is 4.74 Å². The molecule has 0 aromatic rings. The van der Waals surface area contributed by atoms with E-state index in [1.54, 1.807) is 0 Å². The number of hydrogen-bond acceptors (Lipinski definition) is 2. The van der Waals surface area contributed by atoms with Crippen molar-refractivity contribution in [2.45, 2.75) is 18.9 Å². The van der Waals surface area contributed by atoms with Crippen molar-refractivity contribution in [3.05, 3.63) is 12.2 Å². The summed E-state index contributed by atoms with van der Waals surface area (Å²) in [6.07, 6.45) is 9.03. The molecule has 1 aliphatic carbocycles. The second kappa shape index (κ2) is 2.54. The highest BCUT2D eigenvalue weighted by Gasteiger charge is 2.23. The lowest BCUT2D eigenvalue weighted by Crippen LogP contribution is -2.30. The van der Waals surface area contributed by atoms with E-state index in [1.165, 1.54) is 0 Å². The first-order chi connectivity index (χ1) is 4.97. The van der Waals surface area contributed by atoms with Gasteiger partial charge in [0.2, 0.25) is 0 Å². The van der Waals surface area contributed by atoms with Gasteiger partial charge in [-0.15, -0.1) is 0 Å². The van der Waals surface area contributed by atoms with Crippen LogP contribution in [0.25, 0.3) is 0 Å². The van der Waals surface area contributed by atoms with Crippen molar-refractivity contribution >= 4 is 6.21 Å². The first kappa shape index (κ1) is 6.10. The molecule has 0 N–H and O–H groups in total. The van der Waals surface area contributed by atoms with E-state index >= 15 is 0 Å². The third-order valence-corrected chi connectivity index (χ3v) is 2.08. The molecule has 1 aliphatic heterocycles. The molecule has 10 heavy (non-hydrogen) atoms. The van der Waals surface area contributed by atoms with Gasteiger partial charge in [-0.05, 0) is 12.8 Å². The van der Waals surface area contributed by atoms with Crippen molar-refractivity contribution in [2.75, 3.05) is 6.73 Å². The average Bonchev–Trinajstić information content (AvgIpc) is 2.05. The monoisotopic (exact) mass is 137 g/mol. The molecule has 0 radical (unpaired) electrons. The van der Waals surface area contributed by atoms with Crippen LogP contribution in [-0.4, -0.2) is 19.0 Å². The van der Waals surface area contributed by atoms with Crippen LogP contribution < -0.4 is 0 Å². The predicted octanol–water partition coefficient (Wildman–Crippen LogP) is 1.38. The Bertz CT molecular complexity index is 174. The van der Waals surface area contributed by atoms with Crippen molar-refractivity contribution in [1.29, 1.82) is 0 Å². The minimum atomic E-state index is 0.419. The van der Waals surface area contributed by atoms with Gasteiger partial charge in [0.1, 0.15) is 6.73 Å². The lowest BCUT2D eigenvalue weighted by Gasteiger charge is -2.27. The number of hydrogen-bond donors (Lipinski definition) is 0. The first-order valence-electron chi connectivity index (χ1n) is 3.73. The van der Waals surface area contributed by atoms with Gasteiger partial charge in [0.05, 0.1) is 6.10 Å². The highest BCUT2D eigenvalue weighted by molar-refractivity contribution is 5.62. The summed E-state index contributed by atoms with van der Waals surface area (Å²) in [5, 5.41) is 0. The maximum Gasteiger partial charge on any atom is 0.137 e. The second-order valence-electron chi connectivity index (χ2n) is 2.77. The fraction of sp³-hybridized carbons (Fsp3) is 0.625. The lowest BCUT2D eigenvalue weighted by molar-refractivity contribution is 0.0264. The number of nitrogens with zero attached hydrogens (tertiary/aromatic N) is 1. The highest BCUT2D eigenvalue weighted by Crippen LogP contribution is 2.22. The maximum atomic E-state index is 5.43. The molecule has 0 saturated carbocycles. The van der Waals surface area contributed by atoms with Gasteiger partial charge in [0.25, 0.3) is 0 Å². The summed E-state index contributed by atoms with van der Waals surface area (Å²) >= 11 is 0. The zero-order chi connectivity index (χ0) is 6.81. The van der Waals surface area contributed by atoms with Gasteiger partial charge in [-0.1, -0.05) is 12.2 Å². The summed E-state index contributed by atoms with van der Waals surface area (Å²) in [6, 6.07) is 0. The third-order valence-electron chi connectivity index (χ3n) is 2.08. The molecule has 2 unspecified atom stereocenters. The zero-order valence-electron chi connectivity index (χ0n) is 5.86. The molecular formula is C8H11NO. The normalized spacial score (nSPS) is 37.6. The number of allylic oxidation sites excluding steroid dienone is 1. The van der Waals surface area contributed by atoms with E-state index in [-0.39, 0.29) is 0 Å². The van der Waals surface area contributed by atoms with Gasteiger partial charge >= 0.3 is 0 Å². The standard InChI is InChI=1S/C8H11NO/c1-2-4-8-7(3-1)5-9-6-10-8/h1-2,5,7-8H,3-4,6H2. The molecule has 0 bridgehead atoms. The molecule has 2 rings (SSSR count). The topological polar surface area (TPSA) is 21.6 Å². The minimum Gasteiger partial charge on any atom is -0.355 e. The van der Waals surface area contributed by atoms with Gasteiger partial charge in [0.15, 0.2) is 0 Å². The van der Waals surface area contributed by atoms with Crippen LogP contribution in [0.5, 0.6) is 0 Å². The highest BCUT2D eigenvalue weighted by atomic mass is 16.5. The Hall–Kier alpha value is -0.630.